The second-order valence-corrected chi connectivity index (χ2v) is 5.82. The lowest BCUT2D eigenvalue weighted by Crippen LogP contribution is -2.06. The Bertz CT molecular complexity index is 1110. The summed E-state index contributed by atoms with van der Waals surface area (Å²) < 4.78 is 5.34. The number of hydrogen-bond acceptors (Lipinski definition) is 4. The van der Waals surface area contributed by atoms with Gasteiger partial charge >= 0.3 is 0 Å². The molecule has 4 rings (SSSR count). The van der Waals surface area contributed by atoms with Crippen LogP contribution in [0.1, 0.15) is 11.1 Å². The molecule has 0 fully saturated rings. The lowest BCUT2D eigenvalue weighted by atomic mass is 10.1. The Balaban J connectivity index is 1.86. The van der Waals surface area contributed by atoms with E-state index in [9.17, 15) is 4.79 Å². The first-order valence-electron chi connectivity index (χ1n) is 7.65. The molecule has 5 nitrogen and oxygen atoms in total. The lowest BCUT2D eigenvalue weighted by molar-refractivity contribution is 0.432. The van der Waals surface area contributed by atoms with Gasteiger partial charge in [-0.25, -0.2) is 0 Å². The molecule has 24 heavy (non-hydrogen) atoms. The van der Waals surface area contributed by atoms with Crippen molar-refractivity contribution in [2.24, 2.45) is 0 Å². The van der Waals surface area contributed by atoms with Gasteiger partial charge < -0.3 is 9.51 Å². The third-order valence-electron chi connectivity index (χ3n) is 4.08. The molecule has 4 aromatic rings. The molecule has 0 unspecified atom stereocenters. The van der Waals surface area contributed by atoms with Crippen molar-refractivity contribution in [1.82, 2.24) is 15.1 Å². The number of rotatable bonds is 2. The summed E-state index contributed by atoms with van der Waals surface area (Å²) in [5.74, 6) is 0.699. The van der Waals surface area contributed by atoms with E-state index < -0.39 is 0 Å². The number of aromatic amines is 1. The molecular weight excluding hydrogens is 302 g/mol. The van der Waals surface area contributed by atoms with Gasteiger partial charge in [-0.2, -0.15) is 4.98 Å². The van der Waals surface area contributed by atoms with E-state index in [1.54, 1.807) is 6.20 Å². The molecule has 1 N–H and O–H groups in total. The van der Waals surface area contributed by atoms with Gasteiger partial charge in [0.15, 0.2) is 0 Å². The van der Waals surface area contributed by atoms with Crippen LogP contribution in [-0.2, 0) is 0 Å². The number of aryl methyl sites for hydroxylation is 2. The number of nitrogens with zero attached hydrogens (tertiary/aromatic N) is 2. The maximum Gasteiger partial charge on any atom is 0.263 e. The maximum absolute atomic E-state index is 12.7. The molecule has 2 aromatic carbocycles. The number of aromatic nitrogens is 3. The number of benzene rings is 2. The normalized spacial score (nSPS) is 11.1. The molecule has 0 aliphatic rings. The van der Waals surface area contributed by atoms with E-state index in [1.807, 2.05) is 56.3 Å². The Labute approximate surface area is 138 Å². The van der Waals surface area contributed by atoms with E-state index in [4.69, 9.17) is 4.52 Å². The van der Waals surface area contributed by atoms with E-state index in [0.29, 0.717) is 16.8 Å². The Morgan fingerprint density at radius 1 is 1.04 bits per heavy atom. The van der Waals surface area contributed by atoms with Crippen LogP contribution in [0.25, 0.3) is 33.7 Å². The van der Waals surface area contributed by atoms with Crippen LogP contribution in [0.3, 0.4) is 0 Å². The summed E-state index contributed by atoms with van der Waals surface area (Å²) in [6, 6.07) is 13.5. The van der Waals surface area contributed by atoms with Crippen LogP contribution in [0.2, 0.25) is 0 Å². The molecule has 0 aliphatic heterocycles. The molecule has 0 atom stereocenters. The smallest absolute Gasteiger partial charge is 0.263 e. The second kappa shape index (κ2) is 5.45. The minimum atomic E-state index is -0.118. The quantitative estimate of drug-likeness (QED) is 0.609. The number of fused-ring (bicyclic) bond motifs is 1. The van der Waals surface area contributed by atoms with Gasteiger partial charge in [0.2, 0.25) is 11.3 Å². The zero-order valence-corrected chi connectivity index (χ0v) is 13.3. The van der Waals surface area contributed by atoms with Gasteiger partial charge in [-0.3, -0.25) is 4.79 Å². The highest BCUT2D eigenvalue weighted by molar-refractivity contribution is 5.82. The zero-order valence-electron chi connectivity index (χ0n) is 13.3. The molecule has 0 aliphatic carbocycles. The molecule has 2 aromatic heterocycles. The summed E-state index contributed by atoms with van der Waals surface area (Å²) >= 11 is 0. The Kier molecular flexibility index (Phi) is 3.27. The van der Waals surface area contributed by atoms with Crippen LogP contribution in [-0.4, -0.2) is 15.1 Å². The second-order valence-electron chi connectivity index (χ2n) is 5.82. The maximum atomic E-state index is 12.7. The standard InChI is InChI=1S/C19H15N3O2/c1-11-7-8-16-14(9-11)17(23)15(10-20-16)19-21-18(22-24-19)13-6-4-3-5-12(13)2/h3-10H,1-2H3,(H,20,23). The van der Waals surface area contributed by atoms with Crippen molar-refractivity contribution in [1.29, 1.82) is 0 Å². The minimum Gasteiger partial charge on any atom is -0.360 e. The van der Waals surface area contributed by atoms with Crippen LogP contribution in [0.5, 0.6) is 0 Å². The van der Waals surface area contributed by atoms with Gasteiger partial charge in [0.05, 0.1) is 0 Å². The molecule has 118 valence electrons. The molecule has 2 heterocycles. The number of pyridine rings is 1. The van der Waals surface area contributed by atoms with Gasteiger partial charge in [0.25, 0.3) is 5.89 Å². The van der Waals surface area contributed by atoms with E-state index in [2.05, 4.69) is 15.1 Å². The van der Waals surface area contributed by atoms with Crippen LogP contribution in [0, 0.1) is 13.8 Å². The fourth-order valence-electron chi connectivity index (χ4n) is 2.76. The van der Waals surface area contributed by atoms with Crippen molar-refractivity contribution >= 4 is 10.9 Å². The fraction of sp³-hybridized carbons (Fsp3) is 0.105. The van der Waals surface area contributed by atoms with Gasteiger partial charge in [-0.15, -0.1) is 0 Å². The summed E-state index contributed by atoms with van der Waals surface area (Å²) in [6.45, 7) is 3.94. The van der Waals surface area contributed by atoms with Crippen LogP contribution < -0.4 is 5.43 Å². The molecule has 0 radical (unpaired) electrons. The zero-order chi connectivity index (χ0) is 16.7. The average Bonchev–Trinajstić information content (AvgIpc) is 3.06. The average molecular weight is 317 g/mol. The molecular formula is C19H15N3O2. The van der Waals surface area contributed by atoms with Crippen molar-refractivity contribution < 1.29 is 4.52 Å². The SMILES string of the molecule is Cc1ccc2[nH]cc(-c3nc(-c4ccccc4C)no3)c(=O)c2c1. The largest absolute Gasteiger partial charge is 0.360 e. The van der Waals surface area contributed by atoms with Crippen molar-refractivity contribution in [2.45, 2.75) is 13.8 Å². The lowest BCUT2D eigenvalue weighted by Gasteiger charge is -2.01. The summed E-state index contributed by atoms with van der Waals surface area (Å²) in [5.41, 5.74) is 4.01. The summed E-state index contributed by atoms with van der Waals surface area (Å²) in [5, 5.41) is 4.64. The van der Waals surface area contributed by atoms with Gasteiger partial charge in [0.1, 0.15) is 5.56 Å². The highest BCUT2D eigenvalue weighted by Gasteiger charge is 2.16. The van der Waals surface area contributed by atoms with Crippen LogP contribution in [0.15, 0.2) is 58.0 Å². The first-order valence-corrected chi connectivity index (χ1v) is 7.65. The van der Waals surface area contributed by atoms with Crippen molar-refractivity contribution in [3.8, 4) is 22.8 Å². The van der Waals surface area contributed by atoms with Crippen molar-refractivity contribution in [3.05, 3.63) is 70.0 Å². The molecule has 0 amide bonds. The molecule has 0 saturated heterocycles. The van der Waals surface area contributed by atoms with Gasteiger partial charge in [-0.1, -0.05) is 41.1 Å². The summed E-state index contributed by atoms with van der Waals surface area (Å²) in [4.78, 5) is 20.3. The van der Waals surface area contributed by atoms with Crippen LogP contribution in [0.4, 0.5) is 0 Å². The predicted octanol–water partition coefficient (Wildman–Crippen LogP) is 3.86. The monoisotopic (exact) mass is 317 g/mol. The summed E-state index contributed by atoms with van der Waals surface area (Å²) in [7, 11) is 0. The Morgan fingerprint density at radius 2 is 1.88 bits per heavy atom. The first-order chi connectivity index (χ1) is 11.6. The van der Waals surface area contributed by atoms with Crippen LogP contribution >= 0.6 is 0 Å². The third-order valence-corrected chi connectivity index (χ3v) is 4.08. The molecule has 0 spiro atoms. The summed E-state index contributed by atoms with van der Waals surface area (Å²) in [6.07, 6.45) is 1.62. The predicted molar refractivity (Wildman–Crippen MR) is 92.8 cm³/mol. The van der Waals surface area contributed by atoms with Gasteiger partial charge in [0, 0.05) is 22.7 Å². The highest BCUT2D eigenvalue weighted by Crippen LogP contribution is 2.23. The van der Waals surface area contributed by atoms with E-state index in [-0.39, 0.29) is 11.3 Å². The molecule has 0 bridgehead atoms. The Hall–Kier alpha value is -3.21. The third kappa shape index (κ3) is 2.31. The molecule has 5 heteroatoms. The Morgan fingerprint density at radius 3 is 2.71 bits per heavy atom. The van der Waals surface area contributed by atoms with E-state index >= 15 is 0 Å². The van der Waals surface area contributed by atoms with E-state index in [0.717, 1.165) is 22.2 Å². The van der Waals surface area contributed by atoms with Gasteiger partial charge in [-0.05, 0) is 31.5 Å². The van der Waals surface area contributed by atoms with Crippen molar-refractivity contribution in [3.63, 3.8) is 0 Å². The van der Waals surface area contributed by atoms with E-state index in [1.165, 1.54) is 0 Å². The first kappa shape index (κ1) is 14.4. The number of H-pyrrole nitrogens is 1. The number of hydrogen-bond donors (Lipinski definition) is 1. The van der Waals surface area contributed by atoms with Crippen molar-refractivity contribution in [2.75, 3.05) is 0 Å². The number of nitrogens with one attached hydrogen (secondary N) is 1. The highest BCUT2D eigenvalue weighted by atomic mass is 16.5. The minimum absolute atomic E-state index is 0.118. The topological polar surface area (TPSA) is 71.8 Å². The molecule has 0 saturated carbocycles. The fourth-order valence-corrected chi connectivity index (χ4v) is 2.76.